The largest absolute Gasteiger partial charge is 0.299 e. The van der Waals surface area contributed by atoms with Crippen LogP contribution in [0.25, 0.3) is 0 Å². The first-order valence-corrected chi connectivity index (χ1v) is 5.69. The van der Waals surface area contributed by atoms with Crippen molar-refractivity contribution in [3.8, 4) is 0 Å². The minimum absolute atomic E-state index is 0.00821. The highest BCUT2D eigenvalue weighted by Crippen LogP contribution is 2.18. The van der Waals surface area contributed by atoms with Crippen molar-refractivity contribution in [1.82, 2.24) is 0 Å². The molecule has 0 aliphatic rings. The molecule has 0 radical (unpaired) electrons. The van der Waals surface area contributed by atoms with Crippen LogP contribution in [0.4, 0.5) is 0 Å². The minimum Gasteiger partial charge on any atom is -0.299 e. The van der Waals surface area contributed by atoms with Crippen LogP contribution in [-0.2, 0) is 16.0 Å². The predicted molar refractivity (Wildman–Crippen MR) is 62.9 cm³/mol. The van der Waals surface area contributed by atoms with Gasteiger partial charge in [0.1, 0.15) is 5.78 Å². The summed E-state index contributed by atoms with van der Waals surface area (Å²) in [6.07, 6.45) is 0.625. The lowest BCUT2D eigenvalue weighted by atomic mass is 10.1. The molecule has 3 heteroatoms. The van der Waals surface area contributed by atoms with Gasteiger partial charge in [-0.15, -0.1) is 0 Å². The van der Waals surface area contributed by atoms with E-state index in [-0.39, 0.29) is 16.1 Å². The first-order chi connectivity index (χ1) is 7.09. The molecule has 1 aromatic carbocycles. The van der Waals surface area contributed by atoms with Gasteiger partial charge in [-0.3, -0.25) is 9.59 Å². The standard InChI is InChI=1S/C12H14O2S/c1-9(13)12(15-10(2)14)8-11-6-4-3-5-7-11/h3-7,12H,8H2,1-2H3. The summed E-state index contributed by atoms with van der Waals surface area (Å²) in [6.45, 7) is 3.02. The van der Waals surface area contributed by atoms with Crippen LogP contribution in [0.3, 0.4) is 0 Å². The van der Waals surface area contributed by atoms with E-state index in [1.165, 1.54) is 13.8 Å². The number of thioether (sulfide) groups is 1. The molecule has 0 fully saturated rings. The van der Waals surface area contributed by atoms with Crippen LogP contribution >= 0.6 is 11.8 Å². The maximum Gasteiger partial charge on any atom is 0.186 e. The van der Waals surface area contributed by atoms with Crippen molar-refractivity contribution in [1.29, 1.82) is 0 Å². The molecular weight excluding hydrogens is 208 g/mol. The summed E-state index contributed by atoms with van der Waals surface area (Å²) in [5.74, 6) is 0.0547. The Kier molecular flexibility index (Phi) is 4.56. The van der Waals surface area contributed by atoms with Crippen molar-refractivity contribution in [3.05, 3.63) is 35.9 Å². The zero-order valence-corrected chi connectivity index (χ0v) is 9.71. The van der Waals surface area contributed by atoms with Gasteiger partial charge < -0.3 is 0 Å². The molecule has 0 N–H and O–H groups in total. The molecule has 1 aromatic rings. The SMILES string of the molecule is CC(=O)SC(Cc1ccccc1)C(C)=O. The molecule has 80 valence electrons. The van der Waals surface area contributed by atoms with Crippen LogP contribution in [0, 0.1) is 0 Å². The lowest BCUT2D eigenvalue weighted by molar-refractivity contribution is -0.117. The fraction of sp³-hybridized carbons (Fsp3) is 0.333. The molecule has 0 bridgehead atoms. The van der Waals surface area contributed by atoms with Crippen LogP contribution in [0.5, 0.6) is 0 Å². The second kappa shape index (κ2) is 5.71. The zero-order chi connectivity index (χ0) is 11.3. The predicted octanol–water partition coefficient (Wildman–Crippen LogP) is 2.47. The molecule has 0 aromatic heterocycles. The third-order valence-electron chi connectivity index (χ3n) is 2.03. The molecule has 1 rings (SSSR count). The Balaban J connectivity index is 2.67. The third kappa shape index (κ3) is 4.30. The summed E-state index contributed by atoms with van der Waals surface area (Å²) < 4.78 is 0. The van der Waals surface area contributed by atoms with E-state index in [0.717, 1.165) is 17.3 Å². The quantitative estimate of drug-likeness (QED) is 0.784. The average Bonchev–Trinajstić information content (AvgIpc) is 2.17. The average molecular weight is 222 g/mol. The van der Waals surface area contributed by atoms with E-state index in [2.05, 4.69) is 0 Å². The highest BCUT2D eigenvalue weighted by Gasteiger charge is 2.17. The number of carbonyl (C=O) groups is 2. The summed E-state index contributed by atoms with van der Waals surface area (Å²) in [5.41, 5.74) is 1.09. The van der Waals surface area contributed by atoms with Crippen molar-refractivity contribution in [3.63, 3.8) is 0 Å². The van der Waals surface area contributed by atoms with Gasteiger partial charge in [0.25, 0.3) is 0 Å². The normalized spacial score (nSPS) is 12.1. The lowest BCUT2D eigenvalue weighted by Gasteiger charge is -2.10. The topological polar surface area (TPSA) is 34.1 Å². The fourth-order valence-electron chi connectivity index (χ4n) is 1.30. The summed E-state index contributed by atoms with van der Waals surface area (Å²) in [6, 6.07) is 9.74. The van der Waals surface area contributed by atoms with Gasteiger partial charge in [-0.25, -0.2) is 0 Å². The number of rotatable bonds is 4. The van der Waals surface area contributed by atoms with Gasteiger partial charge in [0.2, 0.25) is 0 Å². The Hall–Kier alpha value is -1.09. The zero-order valence-electron chi connectivity index (χ0n) is 8.90. The molecule has 2 nitrogen and oxygen atoms in total. The van der Waals surface area contributed by atoms with E-state index in [1.54, 1.807) is 0 Å². The summed E-state index contributed by atoms with van der Waals surface area (Å²) in [4.78, 5) is 22.3. The number of Topliss-reactive ketones (excluding diaryl/α,β-unsaturated/α-hetero) is 1. The van der Waals surface area contributed by atoms with Gasteiger partial charge >= 0.3 is 0 Å². The second-order valence-electron chi connectivity index (χ2n) is 3.40. The molecular formula is C12H14O2S. The first-order valence-electron chi connectivity index (χ1n) is 4.81. The second-order valence-corrected chi connectivity index (χ2v) is 4.78. The molecule has 0 aliphatic heterocycles. The molecule has 0 saturated heterocycles. The first kappa shape index (κ1) is 12.0. The van der Waals surface area contributed by atoms with Crippen LogP contribution < -0.4 is 0 Å². The Bertz CT molecular complexity index is 346. The minimum atomic E-state index is -0.245. The molecule has 0 saturated carbocycles. The van der Waals surface area contributed by atoms with E-state index < -0.39 is 0 Å². The van der Waals surface area contributed by atoms with E-state index in [0.29, 0.717) is 6.42 Å². The highest BCUT2D eigenvalue weighted by atomic mass is 32.2. The number of carbonyl (C=O) groups excluding carboxylic acids is 2. The molecule has 1 atom stereocenters. The van der Waals surface area contributed by atoms with Gasteiger partial charge in [0.05, 0.1) is 5.25 Å². The van der Waals surface area contributed by atoms with Gasteiger partial charge in [-0.2, -0.15) is 0 Å². The van der Waals surface area contributed by atoms with E-state index in [4.69, 9.17) is 0 Å². The molecule has 0 heterocycles. The molecule has 0 spiro atoms. The molecule has 1 unspecified atom stereocenters. The van der Waals surface area contributed by atoms with Crippen LogP contribution in [0.2, 0.25) is 0 Å². The van der Waals surface area contributed by atoms with Gasteiger partial charge in [-0.05, 0) is 18.9 Å². The Morgan fingerprint density at radius 2 is 1.80 bits per heavy atom. The van der Waals surface area contributed by atoms with Crippen molar-refractivity contribution in [2.24, 2.45) is 0 Å². The van der Waals surface area contributed by atoms with E-state index in [1.807, 2.05) is 30.3 Å². The summed E-state index contributed by atoms with van der Waals surface area (Å²) >= 11 is 1.11. The van der Waals surface area contributed by atoms with Crippen molar-refractivity contribution < 1.29 is 9.59 Å². The molecule has 15 heavy (non-hydrogen) atoms. The highest BCUT2D eigenvalue weighted by molar-refractivity contribution is 8.14. The number of hydrogen-bond acceptors (Lipinski definition) is 3. The van der Waals surface area contributed by atoms with Crippen LogP contribution in [-0.4, -0.2) is 16.1 Å². The third-order valence-corrected chi connectivity index (χ3v) is 3.14. The van der Waals surface area contributed by atoms with Crippen LogP contribution in [0.15, 0.2) is 30.3 Å². The number of ketones is 1. The summed E-state index contributed by atoms with van der Waals surface area (Å²) in [5, 5.41) is -0.254. The monoisotopic (exact) mass is 222 g/mol. The van der Waals surface area contributed by atoms with Gasteiger partial charge in [0, 0.05) is 6.92 Å². The molecule has 0 amide bonds. The maximum atomic E-state index is 11.3. The van der Waals surface area contributed by atoms with Crippen molar-refractivity contribution >= 4 is 22.7 Å². The van der Waals surface area contributed by atoms with Crippen molar-refractivity contribution in [2.75, 3.05) is 0 Å². The Morgan fingerprint density at radius 3 is 2.27 bits per heavy atom. The summed E-state index contributed by atoms with van der Waals surface area (Å²) in [7, 11) is 0. The Labute approximate surface area is 94.1 Å². The maximum absolute atomic E-state index is 11.3. The number of benzene rings is 1. The van der Waals surface area contributed by atoms with Crippen molar-refractivity contribution in [2.45, 2.75) is 25.5 Å². The number of hydrogen-bond donors (Lipinski definition) is 0. The molecule has 0 aliphatic carbocycles. The van der Waals surface area contributed by atoms with Gasteiger partial charge in [0.15, 0.2) is 5.12 Å². The van der Waals surface area contributed by atoms with E-state index in [9.17, 15) is 9.59 Å². The van der Waals surface area contributed by atoms with Gasteiger partial charge in [-0.1, -0.05) is 42.1 Å². The fourth-order valence-corrected chi connectivity index (χ4v) is 2.14. The Morgan fingerprint density at radius 1 is 1.20 bits per heavy atom. The van der Waals surface area contributed by atoms with E-state index >= 15 is 0 Å². The lowest BCUT2D eigenvalue weighted by Crippen LogP contribution is -2.18. The van der Waals surface area contributed by atoms with Crippen LogP contribution in [0.1, 0.15) is 19.4 Å². The smallest absolute Gasteiger partial charge is 0.186 e.